The summed E-state index contributed by atoms with van der Waals surface area (Å²) < 4.78 is 0. The average molecular weight is 310 g/mol. The Morgan fingerprint density at radius 1 is 1.26 bits per heavy atom. The summed E-state index contributed by atoms with van der Waals surface area (Å²) in [4.78, 5) is 22.2. The summed E-state index contributed by atoms with van der Waals surface area (Å²) in [6.07, 6.45) is 0. The topological polar surface area (TPSA) is 108 Å². The number of hydrogen-bond donors (Lipinski definition) is 2. The molecule has 116 valence electrons. The average Bonchev–Trinajstić information content (AvgIpc) is 2.55. The number of carbonyl (C=O) groups excluding carboxylic acids is 1. The number of benzene rings is 2. The van der Waals surface area contributed by atoms with Crippen molar-refractivity contribution in [1.29, 1.82) is 5.26 Å². The number of nitro benzene ring substituents is 1. The number of aryl methyl sites for hydroxylation is 1. The highest BCUT2D eigenvalue weighted by Gasteiger charge is 2.11. The van der Waals surface area contributed by atoms with Crippen molar-refractivity contribution in [3.05, 3.63) is 63.7 Å². The number of nitrogens with zero attached hydrogens (tertiary/aromatic N) is 2. The molecule has 0 aliphatic carbocycles. The van der Waals surface area contributed by atoms with Crippen LogP contribution in [0, 0.1) is 28.4 Å². The van der Waals surface area contributed by atoms with E-state index in [9.17, 15) is 14.9 Å². The molecule has 23 heavy (non-hydrogen) atoms. The molecule has 0 unspecified atom stereocenters. The van der Waals surface area contributed by atoms with E-state index in [4.69, 9.17) is 5.26 Å². The standard InChI is InChI=1S/C16H14N4O3/c1-11-2-7-14(20(22)23)8-15(11)19-16(21)10-18-13-5-3-12(9-17)4-6-13/h2-8,18H,10H2,1H3,(H,19,21). The highest BCUT2D eigenvalue weighted by molar-refractivity contribution is 5.94. The fourth-order valence-electron chi connectivity index (χ4n) is 1.90. The second kappa shape index (κ2) is 7.04. The summed E-state index contributed by atoms with van der Waals surface area (Å²) in [6, 6.07) is 13.0. The van der Waals surface area contributed by atoms with Crippen LogP contribution in [0.1, 0.15) is 11.1 Å². The predicted molar refractivity (Wildman–Crippen MR) is 86.1 cm³/mol. The number of amides is 1. The van der Waals surface area contributed by atoms with Gasteiger partial charge in [-0.2, -0.15) is 5.26 Å². The summed E-state index contributed by atoms with van der Waals surface area (Å²) >= 11 is 0. The van der Waals surface area contributed by atoms with Crippen molar-refractivity contribution >= 4 is 23.0 Å². The summed E-state index contributed by atoms with van der Waals surface area (Å²) in [5, 5.41) is 25.0. The Hall–Kier alpha value is -3.40. The van der Waals surface area contributed by atoms with Crippen molar-refractivity contribution in [2.75, 3.05) is 17.2 Å². The molecule has 0 aromatic heterocycles. The first-order chi connectivity index (χ1) is 11.0. The largest absolute Gasteiger partial charge is 0.376 e. The van der Waals surface area contributed by atoms with Gasteiger partial charge in [-0.05, 0) is 36.8 Å². The van der Waals surface area contributed by atoms with Crippen molar-refractivity contribution in [2.45, 2.75) is 6.92 Å². The summed E-state index contributed by atoms with van der Waals surface area (Å²) in [5.74, 6) is -0.321. The van der Waals surface area contributed by atoms with Gasteiger partial charge in [-0.15, -0.1) is 0 Å². The van der Waals surface area contributed by atoms with Crippen LogP contribution in [-0.4, -0.2) is 17.4 Å². The zero-order valence-electron chi connectivity index (χ0n) is 12.4. The van der Waals surface area contributed by atoms with E-state index in [2.05, 4.69) is 10.6 Å². The minimum Gasteiger partial charge on any atom is -0.376 e. The van der Waals surface area contributed by atoms with Crippen LogP contribution >= 0.6 is 0 Å². The molecule has 2 N–H and O–H groups in total. The fraction of sp³-hybridized carbons (Fsp3) is 0.125. The predicted octanol–water partition coefficient (Wildman–Crippen LogP) is 2.83. The minimum absolute atomic E-state index is 0.00797. The third-order valence-corrected chi connectivity index (χ3v) is 3.17. The number of rotatable bonds is 5. The second-order valence-corrected chi connectivity index (χ2v) is 4.85. The van der Waals surface area contributed by atoms with Crippen LogP contribution in [-0.2, 0) is 4.79 Å². The maximum absolute atomic E-state index is 11.9. The SMILES string of the molecule is Cc1ccc([N+](=O)[O-])cc1NC(=O)CNc1ccc(C#N)cc1. The molecule has 0 aliphatic heterocycles. The Morgan fingerprint density at radius 2 is 1.96 bits per heavy atom. The maximum atomic E-state index is 11.9. The zero-order chi connectivity index (χ0) is 16.8. The molecule has 0 fully saturated rings. The van der Waals surface area contributed by atoms with E-state index >= 15 is 0 Å². The molecule has 0 heterocycles. The summed E-state index contributed by atoms with van der Waals surface area (Å²) in [5.41, 5.74) is 2.31. The van der Waals surface area contributed by atoms with E-state index in [1.54, 1.807) is 37.3 Å². The number of non-ortho nitro benzene ring substituents is 1. The quantitative estimate of drug-likeness (QED) is 0.652. The van der Waals surface area contributed by atoms with Gasteiger partial charge in [0.15, 0.2) is 0 Å². The summed E-state index contributed by atoms with van der Waals surface area (Å²) in [6.45, 7) is 1.77. The van der Waals surface area contributed by atoms with E-state index < -0.39 is 4.92 Å². The Kier molecular flexibility index (Phi) is 4.89. The maximum Gasteiger partial charge on any atom is 0.271 e. The van der Waals surface area contributed by atoms with E-state index in [1.165, 1.54) is 12.1 Å². The van der Waals surface area contributed by atoms with Crippen LogP contribution in [0.25, 0.3) is 0 Å². The lowest BCUT2D eigenvalue weighted by Crippen LogP contribution is -2.22. The number of nitrogens with one attached hydrogen (secondary N) is 2. The highest BCUT2D eigenvalue weighted by atomic mass is 16.6. The van der Waals surface area contributed by atoms with Crippen molar-refractivity contribution in [1.82, 2.24) is 0 Å². The van der Waals surface area contributed by atoms with Gasteiger partial charge in [0.05, 0.1) is 28.8 Å². The van der Waals surface area contributed by atoms with Crippen LogP contribution < -0.4 is 10.6 Å². The van der Waals surface area contributed by atoms with Crippen molar-refractivity contribution < 1.29 is 9.72 Å². The first-order valence-corrected chi connectivity index (χ1v) is 6.78. The molecule has 2 aromatic rings. The fourth-order valence-corrected chi connectivity index (χ4v) is 1.90. The molecule has 1 amide bonds. The van der Waals surface area contributed by atoms with Gasteiger partial charge in [0, 0.05) is 17.8 Å². The van der Waals surface area contributed by atoms with E-state index in [0.717, 1.165) is 5.56 Å². The lowest BCUT2D eigenvalue weighted by molar-refractivity contribution is -0.384. The number of nitriles is 1. The van der Waals surface area contributed by atoms with Gasteiger partial charge >= 0.3 is 0 Å². The molecule has 7 nitrogen and oxygen atoms in total. The number of nitro groups is 1. The molecular weight excluding hydrogens is 296 g/mol. The van der Waals surface area contributed by atoms with Gasteiger partial charge in [-0.25, -0.2) is 0 Å². The van der Waals surface area contributed by atoms with Gasteiger partial charge in [0.25, 0.3) is 5.69 Å². The highest BCUT2D eigenvalue weighted by Crippen LogP contribution is 2.21. The summed E-state index contributed by atoms with van der Waals surface area (Å²) in [7, 11) is 0. The molecule has 2 rings (SSSR count). The molecule has 0 bridgehead atoms. The first-order valence-electron chi connectivity index (χ1n) is 6.78. The van der Waals surface area contributed by atoms with Crippen molar-refractivity contribution in [3.8, 4) is 6.07 Å². The smallest absolute Gasteiger partial charge is 0.271 e. The third kappa shape index (κ3) is 4.28. The van der Waals surface area contributed by atoms with E-state index in [0.29, 0.717) is 16.9 Å². The third-order valence-electron chi connectivity index (χ3n) is 3.17. The van der Waals surface area contributed by atoms with Crippen molar-refractivity contribution in [3.63, 3.8) is 0 Å². The van der Waals surface area contributed by atoms with Gasteiger partial charge in [0.2, 0.25) is 5.91 Å². The molecule has 0 radical (unpaired) electrons. The van der Waals surface area contributed by atoms with Crippen molar-refractivity contribution in [2.24, 2.45) is 0 Å². The molecule has 2 aromatic carbocycles. The number of hydrogen-bond acceptors (Lipinski definition) is 5. The normalized spacial score (nSPS) is 9.74. The van der Waals surface area contributed by atoms with Gasteiger partial charge in [0.1, 0.15) is 0 Å². The van der Waals surface area contributed by atoms with Crippen LogP contribution in [0.15, 0.2) is 42.5 Å². The Balaban J connectivity index is 1.98. The zero-order valence-corrected chi connectivity index (χ0v) is 12.4. The van der Waals surface area contributed by atoms with Crippen LogP contribution in [0.2, 0.25) is 0 Å². The van der Waals surface area contributed by atoms with Gasteiger partial charge in [-0.3, -0.25) is 14.9 Å². The molecule has 7 heteroatoms. The molecule has 0 aliphatic rings. The van der Waals surface area contributed by atoms with Crippen LogP contribution in [0.4, 0.5) is 17.1 Å². The van der Waals surface area contributed by atoms with Gasteiger partial charge in [-0.1, -0.05) is 6.07 Å². The molecule has 0 spiro atoms. The monoisotopic (exact) mass is 310 g/mol. The first kappa shape index (κ1) is 16.0. The number of anilines is 2. The number of carbonyl (C=O) groups is 1. The Morgan fingerprint density at radius 3 is 2.57 bits per heavy atom. The minimum atomic E-state index is -0.510. The van der Waals surface area contributed by atoms with Crippen LogP contribution in [0.3, 0.4) is 0 Å². The van der Waals surface area contributed by atoms with E-state index in [1.807, 2.05) is 6.07 Å². The molecule has 0 saturated heterocycles. The second-order valence-electron chi connectivity index (χ2n) is 4.85. The Bertz CT molecular complexity index is 779. The molecule has 0 atom stereocenters. The lowest BCUT2D eigenvalue weighted by atomic mass is 10.2. The lowest BCUT2D eigenvalue weighted by Gasteiger charge is -2.10. The van der Waals surface area contributed by atoms with E-state index in [-0.39, 0.29) is 18.1 Å². The Labute approximate surface area is 132 Å². The molecule has 0 saturated carbocycles. The van der Waals surface area contributed by atoms with Gasteiger partial charge < -0.3 is 10.6 Å². The molecular formula is C16H14N4O3. The van der Waals surface area contributed by atoms with Crippen LogP contribution in [0.5, 0.6) is 0 Å².